The van der Waals surface area contributed by atoms with Crippen molar-refractivity contribution in [1.29, 1.82) is 0 Å². The van der Waals surface area contributed by atoms with Gasteiger partial charge in [-0.15, -0.1) is 0 Å². The minimum absolute atomic E-state index is 0.0626. The van der Waals surface area contributed by atoms with Crippen molar-refractivity contribution < 1.29 is 29.2 Å². The van der Waals surface area contributed by atoms with Crippen molar-refractivity contribution in [1.82, 2.24) is 16.0 Å². The molecule has 1 saturated heterocycles. The highest BCUT2D eigenvalue weighted by Crippen LogP contribution is 2.10. The molecule has 0 saturated carbocycles. The van der Waals surface area contributed by atoms with Crippen LogP contribution in [0.15, 0.2) is 30.3 Å². The summed E-state index contributed by atoms with van der Waals surface area (Å²) >= 11 is 0. The predicted octanol–water partition coefficient (Wildman–Crippen LogP) is -0.694. The number of amides is 3. The maximum atomic E-state index is 12.6. The Balaban J connectivity index is 1.84. The monoisotopic (exact) mass is 419 g/mol. The van der Waals surface area contributed by atoms with Crippen LogP contribution >= 0.6 is 0 Å². The Hall–Kier alpha value is -2.43. The van der Waals surface area contributed by atoms with Crippen LogP contribution in [0.25, 0.3) is 0 Å². The number of benzene rings is 1. The first-order chi connectivity index (χ1) is 14.4. The van der Waals surface area contributed by atoms with E-state index in [4.69, 9.17) is 4.74 Å². The number of ether oxygens (including phenoxy) is 1. The minimum atomic E-state index is -1.72. The summed E-state index contributed by atoms with van der Waals surface area (Å²) in [5.74, 6) is -1.90. The minimum Gasteiger partial charge on any atom is -0.426 e. The number of hydrogen-bond acceptors (Lipinski definition) is 6. The molecule has 2 rings (SSSR count). The summed E-state index contributed by atoms with van der Waals surface area (Å²) in [4.78, 5) is 36.1. The van der Waals surface area contributed by atoms with Crippen molar-refractivity contribution in [3.8, 4) is 0 Å². The van der Waals surface area contributed by atoms with Crippen LogP contribution in [0.3, 0.4) is 0 Å². The summed E-state index contributed by atoms with van der Waals surface area (Å²) in [6, 6.07) is 8.55. The van der Waals surface area contributed by atoms with Crippen LogP contribution in [0.4, 0.5) is 0 Å². The van der Waals surface area contributed by atoms with E-state index in [9.17, 15) is 24.4 Å². The van der Waals surface area contributed by atoms with Crippen LogP contribution in [0, 0.1) is 0 Å². The van der Waals surface area contributed by atoms with Gasteiger partial charge in [0.15, 0.2) is 0 Å². The molecule has 0 aliphatic carbocycles. The summed E-state index contributed by atoms with van der Waals surface area (Å²) in [6.07, 6.45) is 2.79. The molecule has 3 amide bonds. The van der Waals surface area contributed by atoms with Crippen molar-refractivity contribution in [2.24, 2.45) is 0 Å². The van der Waals surface area contributed by atoms with E-state index in [1.807, 2.05) is 30.3 Å². The Morgan fingerprint density at radius 3 is 2.60 bits per heavy atom. The topological polar surface area (TPSA) is 137 Å². The van der Waals surface area contributed by atoms with E-state index in [1.54, 1.807) is 0 Å². The fourth-order valence-electron chi connectivity index (χ4n) is 3.41. The molecule has 0 radical (unpaired) electrons. The van der Waals surface area contributed by atoms with Crippen LogP contribution in [0.2, 0.25) is 0 Å². The molecule has 0 spiro atoms. The van der Waals surface area contributed by atoms with Crippen molar-refractivity contribution in [3.63, 3.8) is 0 Å². The molecule has 0 bridgehead atoms. The van der Waals surface area contributed by atoms with Gasteiger partial charge >= 0.3 is 7.12 Å². The van der Waals surface area contributed by atoms with Crippen LogP contribution in [-0.4, -0.2) is 66.6 Å². The molecule has 0 aromatic heterocycles. The van der Waals surface area contributed by atoms with Gasteiger partial charge in [0.25, 0.3) is 0 Å². The molecule has 9 nitrogen and oxygen atoms in total. The lowest BCUT2D eigenvalue weighted by atomic mass is 9.76. The average molecular weight is 419 g/mol. The molecule has 164 valence electrons. The fourth-order valence-corrected chi connectivity index (χ4v) is 3.41. The maximum absolute atomic E-state index is 12.6. The second-order valence-corrected chi connectivity index (χ2v) is 7.49. The van der Waals surface area contributed by atoms with Gasteiger partial charge in [0, 0.05) is 26.0 Å². The van der Waals surface area contributed by atoms with Gasteiger partial charge in [-0.1, -0.05) is 30.3 Å². The van der Waals surface area contributed by atoms with Crippen LogP contribution in [0.1, 0.15) is 37.7 Å². The Morgan fingerprint density at radius 1 is 1.27 bits per heavy atom. The molecule has 30 heavy (non-hydrogen) atoms. The number of methoxy groups -OCH3 is 1. The summed E-state index contributed by atoms with van der Waals surface area (Å²) in [5, 5.41) is 27.2. The summed E-state index contributed by atoms with van der Waals surface area (Å²) < 4.78 is 5.02. The Morgan fingerprint density at radius 2 is 2.00 bits per heavy atom. The smallest absolute Gasteiger partial charge is 0.426 e. The van der Waals surface area contributed by atoms with E-state index in [2.05, 4.69) is 16.0 Å². The standard InChI is InChI=1S/C20H30BN3O6/c1-30-13-16(23-19(26)12-15-10-11-18(25)22-15)20(27)24-17(21(28)29)9-5-8-14-6-3-2-4-7-14/h2-4,6-7,15-17,28-29H,5,8-13H2,1H3,(H,22,25)(H,23,26)(H,24,27)/t15-,16-,17+/m1/s1. The van der Waals surface area contributed by atoms with E-state index in [1.165, 1.54) is 7.11 Å². The van der Waals surface area contributed by atoms with Crippen LogP contribution < -0.4 is 16.0 Å². The molecule has 1 fully saturated rings. The van der Waals surface area contributed by atoms with Gasteiger partial charge in [-0.05, 0) is 31.2 Å². The number of carbonyl (C=O) groups is 3. The van der Waals surface area contributed by atoms with E-state index in [0.29, 0.717) is 25.7 Å². The van der Waals surface area contributed by atoms with Crippen molar-refractivity contribution >= 4 is 24.8 Å². The van der Waals surface area contributed by atoms with E-state index in [-0.39, 0.29) is 30.9 Å². The highest BCUT2D eigenvalue weighted by atomic mass is 16.5. The molecule has 3 atom stereocenters. The number of aryl methyl sites for hydroxylation is 1. The van der Waals surface area contributed by atoms with E-state index < -0.39 is 25.0 Å². The molecule has 10 heteroatoms. The molecule has 5 N–H and O–H groups in total. The lowest BCUT2D eigenvalue weighted by Gasteiger charge is -2.23. The van der Waals surface area contributed by atoms with Gasteiger partial charge in [0.05, 0.1) is 12.5 Å². The second-order valence-electron chi connectivity index (χ2n) is 7.49. The first kappa shape index (κ1) is 23.9. The molecule has 1 heterocycles. The van der Waals surface area contributed by atoms with Gasteiger partial charge in [-0.2, -0.15) is 0 Å². The molecule has 1 aromatic rings. The molecule has 0 unspecified atom stereocenters. The third-order valence-corrected chi connectivity index (χ3v) is 5.01. The van der Waals surface area contributed by atoms with Gasteiger partial charge in [0.2, 0.25) is 17.7 Å². The third kappa shape index (κ3) is 8.13. The van der Waals surface area contributed by atoms with E-state index in [0.717, 1.165) is 12.0 Å². The summed E-state index contributed by atoms with van der Waals surface area (Å²) in [7, 11) is -0.320. The number of rotatable bonds is 12. The molecular weight excluding hydrogens is 389 g/mol. The summed E-state index contributed by atoms with van der Waals surface area (Å²) in [6.45, 7) is -0.0626. The second kappa shape index (κ2) is 12.3. The zero-order chi connectivity index (χ0) is 21.9. The first-order valence-corrected chi connectivity index (χ1v) is 10.2. The average Bonchev–Trinajstić information content (AvgIpc) is 3.11. The number of carbonyl (C=O) groups excluding carboxylic acids is 3. The lowest BCUT2D eigenvalue weighted by molar-refractivity contribution is -0.130. The zero-order valence-corrected chi connectivity index (χ0v) is 17.2. The Bertz CT molecular complexity index is 703. The van der Waals surface area contributed by atoms with Crippen LogP contribution in [0.5, 0.6) is 0 Å². The van der Waals surface area contributed by atoms with Crippen molar-refractivity contribution in [2.45, 2.75) is 56.5 Å². The molecule has 1 aliphatic rings. The predicted molar refractivity (Wildman–Crippen MR) is 111 cm³/mol. The normalized spacial score (nSPS) is 17.7. The zero-order valence-electron chi connectivity index (χ0n) is 17.2. The van der Waals surface area contributed by atoms with Gasteiger partial charge in [-0.25, -0.2) is 0 Å². The Kier molecular flexibility index (Phi) is 9.79. The number of nitrogens with one attached hydrogen (secondary N) is 3. The first-order valence-electron chi connectivity index (χ1n) is 10.2. The third-order valence-electron chi connectivity index (χ3n) is 5.01. The van der Waals surface area contributed by atoms with Gasteiger partial charge in [0.1, 0.15) is 6.04 Å². The maximum Gasteiger partial charge on any atom is 0.475 e. The SMILES string of the molecule is COC[C@@H](NC(=O)C[C@H]1CCC(=O)N1)C(=O)N[C@@H](CCCc1ccccc1)B(O)O. The molecule has 1 aliphatic heterocycles. The number of hydrogen-bond donors (Lipinski definition) is 5. The van der Waals surface area contributed by atoms with E-state index >= 15 is 0 Å². The van der Waals surface area contributed by atoms with Crippen LogP contribution in [-0.2, 0) is 25.5 Å². The lowest BCUT2D eigenvalue weighted by Crippen LogP contribution is -2.55. The van der Waals surface area contributed by atoms with Crippen molar-refractivity contribution in [2.75, 3.05) is 13.7 Å². The largest absolute Gasteiger partial charge is 0.475 e. The summed E-state index contributed by atoms with van der Waals surface area (Å²) in [5.41, 5.74) is 1.12. The highest BCUT2D eigenvalue weighted by Gasteiger charge is 2.30. The molecular formula is C20H30BN3O6. The quantitative estimate of drug-likeness (QED) is 0.285. The Labute approximate surface area is 176 Å². The fraction of sp³-hybridized carbons (Fsp3) is 0.550. The molecule has 1 aromatic carbocycles. The van der Waals surface area contributed by atoms with Crippen molar-refractivity contribution in [3.05, 3.63) is 35.9 Å². The highest BCUT2D eigenvalue weighted by molar-refractivity contribution is 6.43. The van der Waals surface area contributed by atoms with Gasteiger partial charge < -0.3 is 30.7 Å². The van der Waals surface area contributed by atoms with Gasteiger partial charge in [-0.3, -0.25) is 14.4 Å².